The molecule has 0 aromatic carbocycles. The van der Waals surface area contributed by atoms with Gasteiger partial charge in [-0.05, 0) is 58.1 Å². The van der Waals surface area contributed by atoms with E-state index >= 15 is 0 Å². The number of rotatable bonds is 3. The zero-order chi connectivity index (χ0) is 13.5. The molecule has 3 fully saturated rings. The van der Waals surface area contributed by atoms with Crippen molar-refractivity contribution in [2.75, 3.05) is 12.3 Å². The molecule has 3 saturated heterocycles. The van der Waals surface area contributed by atoms with E-state index < -0.39 is 0 Å². The maximum Gasteiger partial charge on any atom is 0.238 e. The van der Waals surface area contributed by atoms with Crippen molar-refractivity contribution in [3.05, 3.63) is 0 Å². The van der Waals surface area contributed by atoms with E-state index in [1.165, 1.54) is 19.3 Å². The van der Waals surface area contributed by atoms with Gasteiger partial charge in [-0.3, -0.25) is 4.79 Å². The topological polar surface area (TPSA) is 32.3 Å². The Morgan fingerprint density at radius 2 is 2.05 bits per heavy atom. The van der Waals surface area contributed by atoms with E-state index in [2.05, 4.69) is 24.1 Å². The molecule has 4 heteroatoms. The Bertz CT molecular complexity index is 342. The van der Waals surface area contributed by atoms with Crippen molar-refractivity contribution in [3.63, 3.8) is 0 Å². The third kappa shape index (κ3) is 2.54. The van der Waals surface area contributed by atoms with Gasteiger partial charge in [-0.1, -0.05) is 0 Å². The normalized spacial score (nSPS) is 41.5. The zero-order valence-electron chi connectivity index (χ0n) is 12.2. The number of hydrogen-bond acceptors (Lipinski definition) is 3. The molecule has 1 amide bonds. The van der Waals surface area contributed by atoms with Crippen LogP contribution < -0.4 is 5.32 Å². The number of amides is 1. The molecule has 3 rings (SSSR count). The summed E-state index contributed by atoms with van der Waals surface area (Å²) in [7, 11) is 0. The standard InChI is InChI=1S/C15H26N2OS/c1-3-17(14(18)15(2)7-4-8-19-15)13-9-11-5-6-12(10-13)16-11/h11-13,16H,3-10H2,1-2H3. The Balaban J connectivity index is 1.71. The molecular weight excluding hydrogens is 256 g/mol. The highest BCUT2D eigenvalue weighted by Crippen LogP contribution is 2.40. The Kier molecular flexibility index (Phi) is 3.82. The van der Waals surface area contributed by atoms with Gasteiger partial charge in [-0.2, -0.15) is 0 Å². The van der Waals surface area contributed by atoms with Crippen molar-refractivity contribution in [1.29, 1.82) is 0 Å². The van der Waals surface area contributed by atoms with Gasteiger partial charge in [0.05, 0.1) is 4.75 Å². The molecule has 3 aliphatic rings. The first-order valence-corrected chi connectivity index (χ1v) is 8.82. The van der Waals surface area contributed by atoms with E-state index in [4.69, 9.17) is 0 Å². The third-order valence-corrected chi connectivity index (χ3v) is 6.67. The monoisotopic (exact) mass is 282 g/mol. The van der Waals surface area contributed by atoms with Crippen molar-refractivity contribution in [2.45, 2.75) is 75.2 Å². The molecule has 19 heavy (non-hydrogen) atoms. The van der Waals surface area contributed by atoms with Crippen molar-refractivity contribution < 1.29 is 4.79 Å². The average Bonchev–Trinajstić information content (AvgIpc) is 2.98. The van der Waals surface area contributed by atoms with Crippen LogP contribution >= 0.6 is 11.8 Å². The summed E-state index contributed by atoms with van der Waals surface area (Å²) >= 11 is 1.87. The van der Waals surface area contributed by atoms with Crippen LogP contribution in [0.2, 0.25) is 0 Å². The van der Waals surface area contributed by atoms with Gasteiger partial charge in [0.1, 0.15) is 0 Å². The van der Waals surface area contributed by atoms with Crippen LogP contribution in [0.3, 0.4) is 0 Å². The number of nitrogens with zero attached hydrogens (tertiary/aromatic N) is 1. The van der Waals surface area contributed by atoms with Crippen molar-refractivity contribution in [1.82, 2.24) is 10.2 Å². The summed E-state index contributed by atoms with van der Waals surface area (Å²) < 4.78 is -0.139. The predicted octanol–water partition coefficient (Wildman–Crippen LogP) is 2.40. The van der Waals surface area contributed by atoms with Crippen molar-refractivity contribution in [3.8, 4) is 0 Å². The molecular formula is C15H26N2OS. The lowest BCUT2D eigenvalue weighted by atomic mass is 9.95. The van der Waals surface area contributed by atoms with Crippen LogP contribution in [0.1, 0.15) is 52.4 Å². The third-order valence-electron chi connectivity index (χ3n) is 5.16. The molecule has 0 spiro atoms. The Hall–Kier alpha value is -0.220. The molecule has 3 atom stereocenters. The smallest absolute Gasteiger partial charge is 0.238 e. The molecule has 0 saturated carbocycles. The number of hydrogen-bond donors (Lipinski definition) is 1. The Morgan fingerprint density at radius 1 is 1.37 bits per heavy atom. The second-order valence-corrected chi connectivity index (χ2v) is 8.14. The van der Waals surface area contributed by atoms with E-state index in [0.29, 0.717) is 24.0 Å². The largest absolute Gasteiger partial charge is 0.339 e. The zero-order valence-corrected chi connectivity index (χ0v) is 13.0. The molecule has 3 unspecified atom stereocenters. The molecule has 1 N–H and O–H groups in total. The SMILES string of the molecule is CCN(C(=O)C1(C)CCCS1)C1CC2CCC(C1)N2. The molecule has 3 aliphatic heterocycles. The van der Waals surface area contributed by atoms with E-state index in [-0.39, 0.29) is 4.75 Å². The minimum atomic E-state index is -0.139. The summed E-state index contributed by atoms with van der Waals surface area (Å²) in [6.07, 6.45) is 7.19. The maximum atomic E-state index is 12.9. The lowest BCUT2D eigenvalue weighted by molar-refractivity contribution is -0.136. The summed E-state index contributed by atoms with van der Waals surface area (Å²) in [5.74, 6) is 1.56. The van der Waals surface area contributed by atoms with Crippen LogP contribution in [0.25, 0.3) is 0 Å². The van der Waals surface area contributed by atoms with E-state index in [9.17, 15) is 4.79 Å². The fourth-order valence-electron chi connectivity index (χ4n) is 4.10. The van der Waals surface area contributed by atoms with Crippen LogP contribution in [0.15, 0.2) is 0 Å². The second-order valence-electron chi connectivity index (χ2n) is 6.54. The van der Waals surface area contributed by atoms with E-state index in [1.54, 1.807) is 0 Å². The number of nitrogens with one attached hydrogen (secondary N) is 1. The minimum absolute atomic E-state index is 0.139. The first kappa shape index (κ1) is 13.7. The molecule has 108 valence electrons. The van der Waals surface area contributed by atoms with Gasteiger partial charge in [0.25, 0.3) is 0 Å². The van der Waals surface area contributed by atoms with Crippen LogP contribution in [0.4, 0.5) is 0 Å². The highest BCUT2D eigenvalue weighted by atomic mass is 32.2. The molecule has 3 nitrogen and oxygen atoms in total. The average molecular weight is 282 g/mol. The molecule has 3 heterocycles. The summed E-state index contributed by atoms with van der Waals surface area (Å²) in [5.41, 5.74) is 0. The number of thioether (sulfide) groups is 1. The fourth-order valence-corrected chi connectivity index (χ4v) is 5.37. The summed E-state index contributed by atoms with van der Waals surface area (Å²) in [6, 6.07) is 1.80. The predicted molar refractivity (Wildman–Crippen MR) is 80.5 cm³/mol. The first-order valence-electron chi connectivity index (χ1n) is 7.83. The molecule has 0 aromatic heterocycles. The molecule has 2 bridgehead atoms. The van der Waals surface area contributed by atoms with Crippen molar-refractivity contribution in [2.24, 2.45) is 0 Å². The summed E-state index contributed by atoms with van der Waals surface area (Å²) in [6.45, 7) is 5.18. The first-order chi connectivity index (χ1) is 9.12. The summed E-state index contributed by atoms with van der Waals surface area (Å²) in [5, 5.41) is 3.67. The van der Waals surface area contributed by atoms with Gasteiger partial charge in [0, 0.05) is 24.7 Å². The summed E-state index contributed by atoms with van der Waals surface area (Å²) in [4.78, 5) is 15.1. The second kappa shape index (κ2) is 5.28. The van der Waals surface area contributed by atoms with Gasteiger partial charge in [0.15, 0.2) is 0 Å². The lowest BCUT2D eigenvalue weighted by Gasteiger charge is -2.40. The quantitative estimate of drug-likeness (QED) is 0.863. The van der Waals surface area contributed by atoms with Gasteiger partial charge >= 0.3 is 0 Å². The lowest BCUT2D eigenvalue weighted by Crippen LogP contribution is -2.54. The van der Waals surface area contributed by atoms with Crippen LogP contribution in [0, 0.1) is 0 Å². The van der Waals surface area contributed by atoms with E-state index in [1.807, 2.05) is 11.8 Å². The highest BCUT2D eigenvalue weighted by Gasteiger charge is 2.44. The van der Waals surface area contributed by atoms with Crippen LogP contribution in [-0.2, 0) is 4.79 Å². The van der Waals surface area contributed by atoms with Gasteiger partial charge in [-0.15, -0.1) is 11.8 Å². The van der Waals surface area contributed by atoms with Crippen LogP contribution in [-0.4, -0.2) is 46.0 Å². The number of carbonyl (C=O) groups is 1. The maximum absolute atomic E-state index is 12.9. The van der Waals surface area contributed by atoms with Gasteiger partial charge in [-0.25, -0.2) is 0 Å². The van der Waals surface area contributed by atoms with Crippen molar-refractivity contribution >= 4 is 17.7 Å². The highest BCUT2D eigenvalue weighted by molar-refractivity contribution is 8.01. The molecule has 0 aromatic rings. The molecule has 0 radical (unpaired) electrons. The van der Waals surface area contributed by atoms with Crippen LogP contribution in [0.5, 0.6) is 0 Å². The number of carbonyl (C=O) groups excluding carboxylic acids is 1. The van der Waals surface area contributed by atoms with Gasteiger partial charge < -0.3 is 10.2 Å². The Morgan fingerprint density at radius 3 is 2.58 bits per heavy atom. The van der Waals surface area contributed by atoms with Gasteiger partial charge in [0.2, 0.25) is 5.91 Å². The molecule has 0 aliphatic carbocycles. The minimum Gasteiger partial charge on any atom is -0.339 e. The fraction of sp³-hybridized carbons (Fsp3) is 0.933. The number of fused-ring (bicyclic) bond motifs is 2. The number of piperidine rings is 1. The Labute approximate surface area is 120 Å². The van der Waals surface area contributed by atoms with E-state index in [0.717, 1.165) is 31.6 Å².